The lowest BCUT2D eigenvalue weighted by molar-refractivity contribution is -0.132. The molecule has 2 amide bonds. The third-order valence-electron chi connectivity index (χ3n) is 1.65. The lowest BCUT2D eigenvalue weighted by Crippen LogP contribution is -2.40. The molecule has 0 aromatic carbocycles. The number of aliphatic carboxylic acids is 1. The number of rotatable bonds is 4. The number of carbonyl (C=O) groups excluding carboxylic acids is 2. The second-order valence-corrected chi connectivity index (χ2v) is 2.83. The third-order valence-corrected chi connectivity index (χ3v) is 1.65. The first kappa shape index (κ1) is 11.0. The van der Waals surface area contributed by atoms with E-state index in [4.69, 9.17) is 10.8 Å². The molecule has 4 N–H and O–H groups in total. The Kier molecular flexibility index (Phi) is 3.21. The third kappa shape index (κ3) is 2.93. The molecule has 0 saturated carbocycles. The number of carboxylic acid groups (broad SMARTS) is 1. The zero-order valence-corrected chi connectivity index (χ0v) is 7.60. The fraction of sp³-hybridized carbons (Fsp3) is 0.429. The van der Waals surface area contributed by atoms with E-state index in [1.165, 1.54) is 0 Å². The fourth-order valence-corrected chi connectivity index (χ4v) is 0.932. The van der Waals surface area contributed by atoms with E-state index in [2.05, 4.69) is 15.3 Å². The standard InChI is InChI=1S/C7H9N3O5/c8-5(11)2-9-6(12)4-1-3(7(13)14)10-15-4/h4H,1-2H2,(H2,8,11)(H,9,12)(H,13,14). The second kappa shape index (κ2) is 4.40. The summed E-state index contributed by atoms with van der Waals surface area (Å²) in [6.07, 6.45) is -1.13. The Balaban J connectivity index is 2.39. The number of nitrogens with zero attached hydrogens (tertiary/aromatic N) is 1. The first-order chi connectivity index (χ1) is 7.00. The molecule has 0 aromatic rings. The fourth-order valence-electron chi connectivity index (χ4n) is 0.932. The Morgan fingerprint density at radius 3 is 2.73 bits per heavy atom. The molecule has 1 atom stereocenters. The van der Waals surface area contributed by atoms with Crippen molar-refractivity contribution in [1.82, 2.24) is 5.32 Å². The van der Waals surface area contributed by atoms with Crippen molar-refractivity contribution in [2.45, 2.75) is 12.5 Å². The molecule has 1 aliphatic heterocycles. The Hall–Kier alpha value is -2.12. The number of oxime groups is 1. The van der Waals surface area contributed by atoms with Crippen LogP contribution in [-0.2, 0) is 19.2 Å². The summed E-state index contributed by atoms with van der Waals surface area (Å²) in [6.45, 7) is -0.318. The van der Waals surface area contributed by atoms with E-state index in [-0.39, 0.29) is 18.7 Å². The minimum atomic E-state index is -1.24. The monoisotopic (exact) mass is 215 g/mol. The van der Waals surface area contributed by atoms with E-state index in [1.807, 2.05) is 0 Å². The molecule has 0 bridgehead atoms. The highest BCUT2D eigenvalue weighted by Gasteiger charge is 2.31. The van der Waals surface area contributed by atoms with Crippen LogP contribution < -0.4 is 11.1 Å². The number of nitrogens with one attached hydrogen (secondary N) is 1. The summed E-state index contributed by atoms with van der Waals surface area (Å²) in [5.74, 6) is -2.55. The largest absolute Gasteiger partial charge is 0.477 e. The molecule has 82 valence electrons. The topological polar surface area (TPSA) is 131 Å². The molecule has 0 radical (unpaired) electrons. The zero-order chi connectivity index (χ0) is 11.4. The van der Waals surface area contributed by atoms with Gasteiger partial charge in [-0.15, -0.1) is 0 Å². The van der Waals surface area contributed by atoms with Gasteiger partial charge in [0.05, 0.1) is 6.54 Å². The Morgan fingerprint density at radius 2 is 2.27 bits per heavy atom. The molecule has 1 unspecified atom stereocenters. The molecule has 1 aliphatic rings. The first-order valence-electron chi connectivity index (χ1n) is 4.02. The van der Waals surface area contributed by atoms with Crippen molar-refractivity contribution in [1.29, 1.82) is 0 Å². The van der Waals surface area contributed by atoms with Gasteiger partial charge in [0, 0.05) is 6.42 Å². The predicted octanol–water partition coefficient (Wildman–Crippen LogP) is -2.18. The summed E-state index contributed by atoms with van der Waals surface area (Å²) >= 11 is 0. The van der Waals surface area contributed by atoms with Gasteiger partial charge in [0.25, 0.3) is 5.91 Å². The van der Waals surface area contributed by atoms with Crippen LogP contribution in [0.5, 0.6) is 0 Å². The van der Waals surface area contributed by atoms with E-state index in [9.17, 15) is 14.4 Å². The van der Waals surface area contributed by atoms with Gasteiger partial charge < -0.3 is 21.0 Å². The summed E-state index contributed by atoms with van der Waals surface area (Å²) in [7, 11) is 0. The molecular formula is C7H9N3O5. The van der Waals surface area contributed by atoms with E-state index < -0.39 is 23.9 Å². The number of hydrogen-bond acceptors (Lipinski definition) is 5. The number of carboxylic acids is 1. The molecule has 15 heavy (non-hydrogen) atoms. The maximum Gasteiger partial charge on any atom is 0.353 e. The van der Waals surface area contributed by atoms with Gasteiger partial charge in [0.15, 0.2) is 5.71 Å². The minimum absolute atomic E-state index is 0.125. The maximum absolute atomic E-state index is 11.2. The quantitative estimate of drug-likeness (QED) is 0.490. The highest BCUT2D eigenvalue weighted by atomic mass is 16.6. The number of nitrogens with two attached hydrogens (primary N) is 1. The average Bonchev–Trinajstić information content (AvgIpc) is 2.62. The van der Waals surface area contributed by atoms with Gasteiger partial charge in [-0.3, -0.25) is 9.59 Å². The van der Waals surface area contributed by atoms with Crippen LogP contribution in [0.1, 0.15) is 6.42 Å². The van der Waals surface area contributed by atoms with Crippen LogP contribution >= 0.6 is 0 Å². The molecule has 8 heteroatoms. The van der Waals surface area contributed by atoms with Gasteiger partial charge in [0.1, 0.15) is 0 Å². The van der Waals surface area contributed by atoms with Crippen LogP contribution in [-0.4, -0.2) is 41.3 Å². The molecule has 1 rings (SSSR count). The van der Waals surface area contributed by atoms with Gasteiger partial charge in [0.2, 0.25) is 12.0 Å². The Labute approximate surface area is 84.1 Å². The second-order valence-electron chi connectivity index (χ2n) is 2.83. The molecule has 0 fully saturated rings. The smallest absolute Gasteiger partial charge is 0.353 e. The predicted molar refractivity (Wildman–Crippen MR) is 46.8 cm³/mol. The summed E-state index contributed by atoms with van der Waals surface area (Å²) in [4.78, 5) is 36.5. The number of carbonyl (C=O) groups is 3. The van der Waals surface area contributed by atoms with Gasteiger partial charge in [-0.2, -0.15) is 0 Å². The molecule has 0 spiro atoms. The van der Waals surface area contributed by atoms with E-state index in [0.29, 0.717) is 0 Å². The highest BCUT2D eigenvalue weighted by Crippen LogP contribution is 2.10. The Bertz CT molecular complexity index is 338. The number of primary amides is 1. The Morgan fingerprint density at radius 1 is 1.60 bits per heavy atom. The van der Waals surface area contributed by atoms with Gasteiger partial charge in [-0.25, -0.2) is 4.79 Å². The highest BCUT2D eigenvalue weighted by molar-refractivity contribution is 6.36. The van der Waals surface area contributed by atoms with E-state index in [0.717, 1.165) is 0 Å². The van der Waals surface area contributed by atoms with Crippen molar-refractivity contribution in [3.8, 4) is 0 Å². The maximum atomic E-state index is 11.2. The molecule has 0 saturated heterocycles. The van der Waals surface area contributed by atoms with Crippen LogP contribution in [0.4, 0.5) is 0 Å². The lowest BCUT2D eigenvalue weighted by Gasteiger charge is -2.06. The van der Waals surface area contributed by atoms with E-state index >= 15 is 0 Å². The minimum Gasteiger partial charge on any atom is -0.477 e. The van der Waals surface area contributed by atoms with Crippen molar-refractivity contribution in [2.24, 2.45) is 10.9 Å². The van der Waals surface area contributed by atoms with Crippen molar-refractivity contribution < 1.29 is 24.3 Å². The SMILES string of the molecule is NC(=O)CNC(=O)C1CC(C(=O)O)=NO1. The summed E-state index contributed by atoms with van der Waals surface area (Å²) < 4.78 is 0. The molecule has 0 aromatic heterocycles. The summed E-state index contributed by atoms with van der Waals surface area (Å²) in [5, 5.41) is 13.9. The van der Waals surface area contributed by atoms with Crippen LogP contribution in [0.3, 0.4) is 0 Å². The van der Waals surface area contributed by atoms with Gasteiger partial charge in [-0.1, -0.05) is 5.16 Å². The number of hydrogen-bond donors (Lipinski definition) is 3. The van der Waals surface area contributed by atoms with Gasteiger partial charge in [-0.05, 0) is 0 Å². The molecular weight excluding hydrogens is 206 g/mol. The van der Waals surface area contributed by atoms with Crippen LogP contribution in [0.15, 0.2) is 5.16 Å². The number of amides is 2. The average molecular weight is 215 g/mol. The molecule has 8 nitrogen and oxygen atoms in total. The van der Waals surface area contributed by atoms with Gasteiger partial charge >= 0.3 is 5.97 Å². The van der Waals surface area contributed by atoms with Crippen LogP contribution in [0, 0.1) is 0 Å². The summed E-state index contributed by atoms with van der Waals surface area (Å²) in [5.41, 5.74) is 4.57. The summed E-state index contributed by atoms with van der Waals surface area (Å²) in [6, 6.07) is 0. The van der Waals surface area contributed by atoms with Crippen LogP contribution in [0.25, 0.3) is 0 Å². The molecule has 1 heterocycles. The van der Waals surface area contributed by atoms with Crippen molar-refractivity contribution in [2.75, 3.05) is 6.54 Å². The van der Waals surface area contributed by atoms with Crippen molar-refractivity contribution in [3.05, 3.63) is 0 Å². The normalized spacial score (nSPS) is 18.9. The van der Waals surface area contributed by atoms with Crippen LogP contribution in [0.2, 0.25) is 0 Å². The molecule has 0 aliphatic carbocycles. The first-order valence-corrected chi connectivity index (χ1v) is 4.02. The van der Waals surface area contributed by atoms with Crippen molar-refractivity contribution in [3.63, 3.8) is 0 Å². The zero-order valence-electron chi connectivity index (χ0n) is 7.60. The van der Waals surface area contributed by atoms with Crippen molar-refractivity contribution >= 4 is 23.5 Å². The lowest BCUT2D eigenvalue weighted by atomic mass is 10.2. The van der Waals surface area contributed by atoms with E-state index in [1.54, 1.807) is 0 Å².